The van der Waals surface area contributed by atoms with Crippen LogP contribution >= 0.6 is 0 Å². The monoisotopic (exact) mass is 486 g/mol. The van der Waals surface area contributed by atoms with Gasteiger partial charge in [-0.15, -0.1) is 0 Å². The Kier molecular flexibility index (Phi) is 8.03. The van der Waals surface area contributed by atoms with Crippen molar-refractivity contribution in [3.05, 3.63) is 64.2 Å². The number of halogens is 1. The molecule has 2 unspecified atom stereocenters. The summed E-state index contributed by atoms with van der Waals surface area (Å²) in [5.74, 6) is 1.75. The fourth-order valence-electron chi connectivity index (χ4n) is 5.98. The summed E-state index contributed by atoms with van der Waals surface area (Å²) in [6, 6.07) is 10.4. The van der Waals surface area contributed by atoms with Crippen LogP contribution in [-0.2, 0) is 0 Å². The molecule has 0 bridgehead atoms. The fourth-order valence-corrected chi connectivity index (χ4v) is 5.98. The van der Waals surface area contributed by atoms with Crippen LogP contribution in [0.1, 0.15) is 126 Å². The van der Waals surface area contributed by atoms with Crippen molar-refractivity contribution in [2.45, 2.75) is 105 Å². The van der Waals surface area contributed by atoms with Gasteiger partial charge in [-0.2, -0.15) is 5.26 Å². The number of hydrogen-bond donors (Lipinski definition) is 0. The maximum absolute atomic E-state index is 15.2. The molecule has 0 N–H and O–H groups in total. The molecule has 36 heavy (non-hydrogen) atoms. The number of nitriles is 1. The lowest BCUT2D eigenvalue weighted by Gasteiger charge is -2.28. The Morgan fingerprint density at radius 3 is 2.36 bits per heavy atom. The van der Waals surface area contributed by atoms with Gasteiger partial charge in [0.15, 0.2) is 0 Å². The Labute approximate surface area is 218 Å². The van der Waals surface area contributed by atoms with Crippen LogP contribution in [0.2, 0.25) is 0 Å². The smallest absolute Gasteiger partial charge is 0.127 e. The predicted molar refractivity (Wildman–Crippen MR) is 148 cm³/mol. The van der Waals surface area contributed by atoms with Crippen LogP contribution < -0.4 is 0 Å². The minimum absolute atomic E-state index is 0.146. The minimum Gasteiger partial charge on any atom is -0.256 e. The van der Waals surface area contributed by atoms with Gasteiger partial charge in [0, 0.05) is 6.20 Å². The lowest BCUT2D eigenvalue weighted by molar-refractivity contribution is 0.335. The number of allylic oxidation sites excluding steroid dienone is 2. The molecule has 0 saturated heterocycles. The number of nitrogens with zero attached hydrogens (tertiary/aromatic N) is 2. The van der Waals surface area contributed by atoms with Gasteiger partial charge in [-0.1, -0.05) is 78.9 Å². The van der Waals surface area contributed by atoms with Gasteiger partial charge < -0.3 is 0 Å². The summed E-state index contributed by atoms with van der Waals surface area (Å²) in [6.45, 7) is 13.3. The van der Waals surface area contributed by atoms with Crippen molar-refractivity contribution < 1.29 is 4.39 Å². The maximum Gasteiger partial charge on any atom is 0.127 e. The molecule has 2 saturated carbocycles. The van der Waals surface area contributed by atoms with Crippen LogP contribution in [0, 0.1) is 41.3 Å². The average Bonchev–Trinajstić information content (AvgIpc) is 3.55. The molecule has 0 amide bonds. The van der Waals surface area contributed by atoms with E-state index in [0.717, 1.165) is 53.6 Å². The van der Waals surface area contributed by atoms with E-state index >= 15 is 4.39 Å². The normalized spacial score (nSPS) is 19.1. The third kappa shape index (κ3) is 5.74. The summed E-state index contributed by atoms with van der Waals surface area (Å²) in [4.78, 5) is 4.93. The van der Waals surface area contributed by atoms with E-state index in [0.29, 0.717) is 29.2 Å². The summed E-state index contributed by atoms with van der Waals surface area (Å²) in [5, 5.41) is 10.5. The zero-order valence-corrected chi connectivity index (χ0v) is 23.1. The highest BCUT2D eigenvalue weighted by molar-refractivity contribution is 5.97. The van der Waals surface area contributed by atoms with Crippen molar-refractivity contribution in [2.75, 3.05) is 0 Å². The van der Waals surface area contributed by atoms with E-state index in [2.05, 4.69) is 52.8 Å². The quantitative estimate of drug-likeness (QED) is 0.348. The average molecular weight is 487 g/mol. The van der Waals surface area contributed by atoms with E-state index in [-0.39, 0.29) is 11.2 Å². The zero-order chi connectivity index (χ0) is 26.0. The summed E-state index contributed by atoms with van der Waals surface area (Å²) in [6.07, 6.45) is 11.2. The molecule has 1 heterocycles. The van der Waals surface area contributed by atoms with E-state index in [1.807, 2.05) is 19.2 Å². The topological polar surface area (TPSA) is 36.7 Å². The second kappa shape index (κ2) is 10.9. The van der Waals surface area contributed by atoms with Gasteiger partial charge >= 0.3 is 0 Å². The molecule has 2 atom stereocenters. The number of aromatic nitrogens is 1. The van der Waals surface area contributed by atoms with Gasteiger partial charge in [0.05, 0.1) is 11.3 Å². The van der Waals surface area contributed by atoms with E-state index in [1.165, 1.54) is 31.2 Å². The molecule has 0 spiro atoms. The third-order valence-corrected chi connectivity index (χ3v) is 9.00. The largest absolute Gasteiger partial charge is 0.256 e. The number of pyridine rings is 1. The van der Waals surface area contributed by atoms with Crippen LogP contribution in [-0.4, -0.2) is 4.98 Å². The third-order valence-electron chi connectivity index (χ3n) is 9.00. The zero-order valence-electron chi connectivity index (χ0n) is 23.1. The first-order valence-electron chi connectivity index (χ1n) is 14.0. The Morgan fingerprint density at radius 2 is 1.83 bits per heavy atom. The van der Waals surface area contributed by atoms with Crippen molar-refractivity contribution in [1.82, 2.24) is 4.98 Å². The highest BCUT2D eigenvalue weighted by Gasteiger charge is 2.30. The fraction of sp³-hybridized carbons (Fsp3) is 0.576. The summed E-state index contributed by atoms with van der Waals surface area (Å²) in [7, 11) is 0. The Hall–Kier alpha value is -2.47. The molecule has 2 aromatic rings. The molecule has 1 aromatic carbocycles. The first-order chi connectivity index (χ1) is 17.1. The summed E-state index contributed by atoms with van der Waals surface area (Å²) < 4.78 is 15.2. The van der Waals surface area contributed by atoms with Crippen LogP contribution in [0.4, 0.5) is 4.39 Å². The molecule has 4 rings (SSSR count). The maximum atomic E-state index is 15.2. The van der Waals surface area contributed by atoms with Gasteiger partial charge in [0.2, 0.25) is 0 Å². The van der Waals surface area contributed by atoms with Crippen molar-refractivity contribution >= 4 is 11.1 Å². The minimum atomic E-state index is -0.171. The number of hydrogen-bond acceptors (Lipinski definition) is 2. The first kappa shape index (κ1) is 26.6. The van der Waals surface area contributed by atoms with Gasteiger partial charge in [0.25, 0.3) is 0 Å². The van der Waals surface area contributed by atoms with Crippen molar-refractivity contribution in [1.29, 1.82) is 5.26 Å². The van der Waals surface area contributed by atoms with Gasteiger partial charge in [-0.3, -0.25) is 4.98 Å². The predicted octanol–water partition coefficient (Wildman–Crippen LogP) is 9.60. The molecule has 0 aliphatic heterocycles. The van der Waals surface area contributed by atoms with Crippen molar-refractivity contribution in [3.63, 3.8) is 0 Å². The van der Waals surface area contributed by atoms with Crippen LogP contribution in [0.15, 0.2) is 30.5 Å². The van der Waals surface area contributed by atoms with Crippen LogP contribution in [0.3, 0.4) is 0 Å². The molecule has 192 valence electrons. The Balaban J connectivity index is 1.80. The lowest BCUT2D eigenvalue weighted by Crippen LogP contribution is -2.16. The van der Waals surface area contributed by atoms with E-state index in [4.69, 9.17) is 4.98 Å². The van der Waals surface area contributed by atoms with Crippen LogP contribution in [0.5, 0.6) is 0 Å². The highest BCUT2D eigenvalue weighted by atomic mass is 19.1. The Bertz CT molecular complexity index is 1140. The highest BCUT2D eigenvalue weighted by Crippen LogP contribution is 2.44. The SMILES string of the molecule is CCC(CC(=C(C#N)c1cc(F)c(C2CC2)cc1C)c1ccc(C(C)C(C)(C)C)cn1)C1CCCC1. The molecule has 2 nitrogen and oxygen atoms in total. The molecular weight excluding hydrogens is 443 g/mol. The molecular formula is C33H43FN2. The van der Waals surface area contributed by atoms with E-state index in [1.54, 1.807) is 6.07 Å². The molecule has 1 aromatic heterocycles. The summed E-state index contributed by atoms with van der Waals surface area (Å²) >= 11 is 0. The molecule has 0 radical (unpaired) electrons. The van der Waals surface area contributed by atoms with E-state index < -0.39 is 0 Å². The van der Waals surface area contributed by atoms with Gasteiger partial charge in [-0.05, 0) is 95.2 Å². The second-order valence-corrected chi connectivity index (χ2v) is 12.4. The first-order valence-corrected chi connectivity index (χ1v) is 14.0. The van der Waals surface area contributed by atoms with Gasteiger partial charge in [0.1, 0.15) is 11.9 Å². The molecule has 2 fully saturated rings. The van der Waals surface area contributed by atoms with Crippen LogP contribution in [0.25, 0.3) is 11.1 Å². The van der Waals surface area contributed by atoms with Crippen molar-refractivity contribution in [2.24, 2.45) is 17.3 Å². The molecule has 3 heteroatoms. The molecule has 2 aliphatic rings. The number of benzene rings is 1. The lowest BCUT2D eigenvalue weighted by atomic mass is 9.78. The number of aryl methyl sites for hydroxylation is 1. The Morgan fingerprint density at radius 1 is 1.14 bits per heavy atom. The second-order valence-electron chi connectivity index (χ2n) is 12.4. The summed E-state index contributed by atoms with van der Waals surface area (Å²) in [5.41, 5.74) is 6.31. The standard InChI is InChI=1S/C33H43FN2/c1-7-23(24-10-8-9-11-24)17-29(32-15-14-26(20-36-32)22(3)33(4,5)6)30(19-35)27-18-31(34)28(16-21(27)2)25-12-13-25/h14-16,18,20,22-25H,7-13,17H2,1-6H3. The van der Waals surface area contributed by atoms with Gasteiger partial charge in [-0.25, -0.2) is 4.39 Å². The number of rotatable bonds is 8. The van der Waals surface area contributed by atoms with E-state index in [9.17, 15) is 5.26 Å². The molecule has 2 aliphatic carbocycles. The van der Waals surface area contributed by atoms with Crippen molar-refractivity contribution in [3.8, 4) is 6.07 Å².